The minimum atomic E-state index is -0.152. The van der Waals surface area contributed by atoms with Crippen molar-refractivity contribution in [3.05, 3.63) is 11.9 Å². The molecule has 1 aliphatic rings. The van der Waals surface area contributed by atoms with Crippen LogP contribution in [-0.4, -0.2) is 53.5 Å². The summed E-state index contributed by atoms with van der Waals surface area (Å²) in [5.74, 6) is 2.59. The predicted molar refractivity (Wildman–Crippen MR) is 79.2 cm³/mol. The van der Waals surface area contributed by atoms with Gasteiger partial charge in [0.2, 0.25) is 0 Å². The lowest BCUT2D eigenvalue weighted by molar-refractivity contribution is -0.0423. The molecule has 0 aliphatic carbocycles. The Kier molecular flexibility index (Phi) is 5.14. The monoisotopic (exact) mass is 280 g/mol. The molecule has 20 heavy (non-hydrogen) atoms. The first-order valence-electron chi connectivity index (χ1n) is 7.29. The van der Waals surface area contributed by atoms with Gasteiger partial charge >= 0.3 is 0 Å². The van der Waals surface area contributed by atoms with Crippen molar-refractivity contribution in [1.82, 2.24) is 9.97 Å². The lowest BCUT2D eigenvalue weighted by atomic mass is 10.2. The maximum atomic E-state index is 9.32. The van der Waals surface area contributed by atoms with Crippen LogP contribution in [0.15, 0.2) is 6.07 Å². The summed E-state index contributed by atoms with van der Waals surface area (Å²) < 4.78 is 5.67. The number of ether oxygens (including phenoxy) is 1. The molecule has 0 bridgehead atoms. The fourth-order valence-corrected chi connectivity index (χ4v) is 2.41. The highest BCUT2D eigenvalue weighted by molar-refractivity contribution is 5.50. The Balaban J connectivity index is 2.23. The average molecular weight is 280 g/mol. The van der Waals surface area contributed by atoms with Gasteiger partial charge in [-0.3, -0.25) is 0 Å². The number of nitrogens with zero attached hydrogens (tertiary/aromatic N) is 3. The van der Waals surface area contributed by atoms with E-state index in [1.165, 1.54) is 0 Å². The van der Waals surface area contributed by atoms with Crippen LogP contribution >= 0.6 is 0 Å². The molecule has 2 rings (SSSR count). The van der Waals surface area contributed by atoms with Crippen LogP contribution in [0.1, 0.15) is 26.6 Å². The molecule has 6 nitrogen and oxygen atoms in total. The molecule has 0 aromatic carbocycles. The molecule has 1 fully saturated rings. The molecule has 1 aromatic rings. The third-order valence-electron chi connectivity index (χ3n) is 3.29. The molecule has 0 saturated carbocycles. The zero-order valence-electron chi connectivity index (χ0n) is 12.5. The second kappa shape index (κ2) is 6.85. The minimum absolute atomic E-state index is 0.0344. The standard InChI is InChI=1S/C14H24N4O2/c1-4-12-16-13(15-5-2)6-14(17-12)18-7-10(3)20-11(8-18)9-19/h6,10-11,19H,4-5,7-9H2,1-3H3,(H,15,16,17). The molecule has 1 aromatic heterocycles. The fraction of sp³-hybridized carbons (Fsp3) is 0.714. The van der Waals surface area contributed by atoms with Gasteiger partial charge in [0.05, 0.1) is 18.8 Å². The number of anilines is 2. The average Bonchev–Trinajstić information content (AvgIpc) is 2.46. The number of hydrogen-bond acceptors (Lipinski definition) is 6. The number of hydrogen-bond donors (Lipinski definition) is 2. The number of aromatic nitrogens is 2. The Hall–Kier alpha value is -1.40. The zero-order chi connectivity index (χ0) is 14.5. The highest BCUT2D eigenvalue weighted by Crippen LogP contribution is 2.21. The zero-order valence-corrected chi connectivity index (χ0v) is 12.5. The summed E-state index contributed by atoms with van der Waals surface area (Å²) in [4.78, 5) is 11.2. The molecule has 2 atom stereocenters. The molecule has 0 amide bonds. The van der Waals surface area contributed by atoms with Gasteiger partial charge in [0.1, 0.15) is 17.5 Å². The van der Waals surface area contributed by atoms with Gasteiger partial charge in [-0.15, -0.1) is 0 Å². The SMILES string of the molecule is CCNc1cc(N2CC(C)OC(CO)C2)nc(CC)n1. The fourth-order valence-electron chi connectivity index (χ4n) is 2.41. The van der Waals surface area contributed by atoms with Gasteiger partial charge in [-0.2, -0.15) is 0 Å². The Morgan fingerprint density at radius 3 is 2.85 bits per heavy atom. The third kappa shape index (κ3) is 3.58. The Bertz CT molecular complexity index is 441. The number of morpholine rings is 1. The number of nitrogens with one attached hydrogen (secondary N) is 1. The van der Waals surface area contributed by atoms with Crippen molar-refractivity contribution in [2.45, 2.75) is 39.4 Å². The van der Waals surface area contributed by atoms with Crippen LogP contribution in [0.2, 0.25) is 0 Å². The largest absolute Gasteiger partial charge is 0.394 e. The van der Waals surface area contributed by atoms with E-state index < -0.39 is 0 Å². The summed E-state index contributed by atoms with van der Waals surface area (Å²) in [6, 6.07) is 1.97. The Labute approximate surface area is 120 Å². The van der Waals surface area contributed by atoms with Gasteiger partial charge in [-0.1, -0.05) is 6.92 Å². The van der Waals surface area contributed by atoms with E-state index in [0.29, 0.717) is 6.54 Å². The number of aryl methyl sites for hydroxylation is 1. The van der Waals surface area contributed by atoms with E-state index in [0.717, 1.165) is 37.0 Å². The van der Waals surface area contributed by atoms with E-state index in [9.17, 15) is 5.11 Å². The highest BCUT2D eigenvalue weighted by atomic mass is 16.5. The summed E-state index contributed by atoms with van der Waals surface area (Å²) >= 11 is 0. The van der Waals surface area contributed by atoms with Crippen LogP contribution < -0.4 is 10.2 Å². The molecule has 1 saturated heterocycles. The Morgan fingerprint density at radius 2 is 2.20 bits per heavy atom. The lowest BCUT2D eigenvalue weighted by Gasteiger charge is -2.37. The number of aliphatic hydroxyl groups excluding tert-OH is 1. The topological polar surface area (TPSA) is 70.5 Å². The maximum Gasteiger partial charge on any atom is 0.134 e. The summed E-state index contributed by atoms with van der Waals surface area (Å²) in [7, 11) is 0. The van der Waals surface area contributed by atoms with Crippen LogP contribution in [0.3, 0.4) is 0 Å². The first-order chi connectivity index (χ1) is 9.66. The molecule has 0 radical (unpaired) electrons. The van der Waals surface area contributed by atoms with Crippen molar-refractivity contribution in [1.29, 1.82) is 0 Å². The normalized spacial score (nSPS) is 22.9. The van der Waals surface area contributed by atoms with Crippen LogP contribution in [0.25, 0.3) is 0 Å². The smallest absolute Gasteiger partial charge is 0.134 e. The van der Waals surface area contributed by atoms with Crippen molar-refractivity contribution < 1.29 is 9.84 Å². The third-order valence-corrected chi connectivity index (χ3v) is 3.29. The second-order valence-corrected chi connectivity index (χ2v) is 5.07. The van der Waals surface area contributed by atoms with E-state index in [4.69, 9.17) is 4.74 Å². The van der Waals surface area contributed by atoms with Gasteiger partial charge in [-0.05, 0) is 13.8 Å². The van der Waals surface area contributed by atoms with Crippen LogP contribution in [0.4, 0.5) is 11.6 Å². The van der Waals surface area contributed by atoms with Gasteiger partial charge in [0.15, 0.2) is 0 Å². The van der Waals surface area contributed by atoms with E-state index in [2.05, 4.69) is 20.2 Å². The van der Waals surface area contributed by atoms with Gasteiger partial charge in [-0.25, -0.2) is 9.97 Å². The Morgan fingerprint density at radius 1 is 1.40 bits per heavy atom. The van der Waals surface area contributed by atoms with Gasteiger partial charge in [0, 0.05) is 32.1 Å². The first-order valence-corrected chi connectivity index (χ1v) is 7.29. The van der Waals surface area contributed by atoms with Gasteiger partial charge in [0.25, 0.3) is 0 Å². The molecule has 2 N–H and O–H groups in total. The molecule has 1 aliphatic heterocycles. The summed E-state index contributed by atoms with van der Waals surface area (Å²) in [6.45, 7) is 8.42. The number of rotatable bonds is 5. The molecule has 2 unspecified atom stereocenters. The van der Waals surface area contributed by atoms with E-state index in [1.807, 2.05) is 26.8 Å². The molecular formula is C14H24N4O2. The van der Waals surface area contributed by atoms with Crippen molar-refractivity contribution in [2.75, 3.05) is 36.5 Å². The predicted octanol–water partition coefficient (Wildman–Crippen LogP) is 1.06. The molecular weight excluding hydrogens is 256 g/mol. The summed E-state index contributed by atoms with van der Waals surface area (Å²) in [6.07, 6.45) is 0.736. The van der Waals surface area contributed by atoms with Crippen molar-refractivity contribution >= 4 is 11.6 Å². The molecule has 6 heteroatoms. The van der Waals surface area contributed by atoms with Crippen molar-refractivity contribution in [3.8, 4) is 0 Å². The minimum Gasteiger partial charge on any atom is -0.394 e. The molecule has 0 spiro atoms. The second-order valence-electron chi connectivity index (χ2n) is 5.07. The lowest BCUT2D eigenvalue weighted by Crippen LogP contribution is -2.48. The van der Waals surface area contributed by atoms with Crippen LogP contribution in [0, 0.1) is 0 Å². The number of aliphatic hydroxyl groups is 1. The maximum absolute atomic E-state index is 9.32. The van der Waals surface area contributed by atoms with E-state index in [-0.39, 0.29) is 18.8 Å². The summed E-state index contributed by atoms with van der Waals surface area (Å²) in [5.41, 5.74) is 0. The molecule has 112 valence electrons. The van der Waals surface area contributed by atoms with E-state index in [1.54, 1.807) is 0 Å². The summed E-state index contributed by atoms with van der Waals surface area (Å²) in [5, 5.41) is 12.6. The van der Waals surface area contributed by atoms with E-state index >= 15 is 0 Å². The quantitative estimate of drug-likeness (QED) is 0.840. The first kappa shape index (κ1) is 15.0. The highest BCUT2D eigenvalue weighted by Gasteiger charge is 2.26. The molecule has 2 heterocycles. The van der Waals surface area contributed by atoms with Crippen LogP contribution in [0.5, 0.6) is 0 Å². The van der Waals surface area contributed by atoms with Gasteiger partial charge < -0.3 is 20.1 Å². The van der Waals surface area contributed by atoms with Crippen LogP contribution in [-0.2, 0) is 11.2 Å². The van der Waals surface area contributed by atoms with Crippen molar-refractivity contribution in [3.63, 3.8) is 0 Å². The van der Waals surface area contributed by atoms with Crippen molar-refractivity contribution in [2.24, 2.45) is 0 Å².